The maximum absolute atomic E-state index is 14.0. The minimum atomic E-state index is -1.03. The van der Waals surface area contributed by atoms with Gasteiger partial charge in [0.05, 0.1) is 5.69 Å². The van der Waals surface area contributed by atoms with E-state index in [1.807, 2.05) is 13.0 Å². The van der Waals surface area contributed by atoms with Crippen LogP contribution < -0.4 is 10.6 Å². The molecule has 1 aromatic heterocycles. The lowest BCUT2D eigenvalue weighted by molar-refractivity contribution is -0.118. The molecule has 0 fully saturated rings. The maximum Gasteiger partial charge on any atom is 0.251 e. The van der Waals surface area contributed by atoms with E-state index in [9.17, 15) is 18.4 Å². The Morgan fingerprint density at radius 3 is 2.60 bits per heavy atom. The number of nitrogens with one attached hydrogen (secondary N) is 2. The summed E-state index contributed by atoms with van der Waals surface area (Å²) < 4.78 is 29.1. The molecule has 1 aliphatic heterocycles. The first-order chi connectivity index (χ1) is 14.3. The third-order valence-electron chi connectivity index (χ3n) is 5.31. The summed E-state index contributed by atoms with van der Waals surface area (Å²) in [7, 11) is 1.68. The fraction of sp³-hybridized carbons (Fsp3) is 0.227. The van der Waals surface area contributed by atoms with Crippen molar-refractivity contribution in [2.24, 2.45) is 7.05 Å². The molecule has 0 saturated carbocycles. The molecule has 6 nitrogen and oxygen atoms in total. The maximum atomic E-state index is 14.0. The van der Waals surface area contributed by atoms with Gasteiger partial charge in [0, 0.05) is 24.1 Å². The number of fused-ring (bicyclic) bond motifs is 1. The predicted octanol–water partition coefficient (Wildman–Crippen LogP) is 3.20. The number of carbonyl (C=O) groups excluding carboxylic acids is 2. The van der Waals surface area contributed by atoms with Crippen LogP contribution in [0, 0.1) is 25.5 Å². The average molecular weight is 410 g/mol. The van der Waals surface area contributed by atoms with Crippen LogP contribution >= 0.6 is 0 Å². The summed E-state index contributed by atoms with van der Waals surface area (Å²) in [6.45, 7) is 3.63. The molecule has 0 aliphatic carbocycles. The van der Waals surface area contributed by atoms with Gasteiger partial charge in [0.1, 0.15) is 11.9 Å². The van der Waals surface area contributed by atoms with Crippen molar-refractivity contribution in [2.45, 2.75) is 25.8 Å². The molecule has 3 aromatic rings. The van der Waals surface area contributed by atoms with Gasteiger partial charge in [0.15, 0.2) is 11.6 Å². The smallest absolute Gasteiger partial charge is 0.251 e. The van der Waals surface area contributed by atoms with Crippen molar-refractivity contribution in [3.63, 3.8) is 0 Å². The summed E-state index contributed by atoms with van der Waals surface area (Å²) in [6, 6.07) is 9.44. The highest BCUT2D eigenvalue weighted by Crippen LogP contribution is 2.39. The Balaban J connectivity index is 1.80. The Morgan fingerprint density at radius 1 is 1.13 bits per heavy atom. The van der Waals surface area contributed by atoms with Gasteiger partial charge in [0.25, 0.3) is 5.91 Å². The lowest BCUT2D eigenvalue weighted by Crippen LogP contribution is -2.50. The molecule has 8 heteroatoms. The van der Waals surface area contributed by atoms with Crippen LogP contribution in [0.5, 0.6) is 0 Å². The van der Waals surface area contributed by atoms with Gasteiger partial charge in [0.2, 0.25) is 5.91 Å². The third-order valence-corrected chi connectivity index (χ3v) is 5.31. The Labute approximate surface area is 171 Å². The van der Waals surface area contributed by atoms with Crippen LogP contribution in [0.25, 0.3) is 0 Å². The summed E-state index contributed by atoms with van der Waals surface area (Å²) >= 11 is 0. The van der Waals surface area contributed by atoms with Crippen LogP contribution in [0.4, 0.5) is 14.6 Å². The molecule has 4 rings (SSSR count). The zero-order valence-electron chi connectivity index (χ0n) is 16.7. The predicted molar refractivity (Wildman–Crippen MR) is 107 cm³/mol. The number of benzene rings is 2. The third kappa shape index (κ3) is 3.34. The van der Waals surface area contributed by atoms with Crippen molar-refractivity contribution in [3.8, 4) is 0 Å². The molecular formula is C22H20F2N4O2. The van der Waals surface area contributed by atoms with E-state index >= 15 is 0 Å². The zero-order chi connectivity index (χ0) is 21.6. The number of nitrogens with zero attached hydrogens (tertiary/aromatic N) is 2. The zero-order valence-corrected chi connectivity index (χ0v) is 16.7. The normalized spacial score (nSPS) is 18.0. The topological polar surface area (TPSA) is 76.0 Å². The Kier molecular flexibility index (Phi) is 4.85. The lowest BCUT2D eigenvalue weighted by atomic mass is 9.81. The Bertz CT molecular complexity index is 1170. The van der Waals surface area contributed by atoms with Gasteiger partial charge in [-0.3, -0.25) is 14.3 Å². The van der Waals surface area contributed by atoms with Gasteiger partial charge < -0.3 is 10.6 Å². The highest BCUT2D eigenvalue weighted by molar-refractivity contribution is 6.03. The summed E-state index contributed by atoms with van der Waals surface area (Å²) in [6.07, 6.45) is 0. The number of amides is 2. The molecule has 2 atom stereocenters. The van der Waals surface area contributed by atoms with E-state index in [4.69, 9.17) is 0 Å². The molecular weight excluding hydrogens is 390 g/mol. The van der Waals surface area contributed by atoms with E-state index in [1.54, 1.807) is 32.2 Å². The molecule has 0 radical (unpaired) electrons. The van der Waals surface area contributed by atoms with Crippen molar-refractivity contribution >= 4 is 17.6 Å². The number of rotatable bonds is 3. The van der Waals surface area contributed by atoms with E-state index in [0.29, 0.717) is 28.2 Å². The molecule has 0 saturated heterocycles. The highest BCUT2D eigenvalue weighted by atomic mass is 19.2. The van der Waals surface area contributed by atoms with Crippen LogP contribution in [0.15, 0.2) is 42.5 Å². The van der Waals surface area contributed by atoms with Gasteiger partial charge in [-0.15, -0.1) is 0 Å². The first-order valence-corrected chi connectivity index (χ1v) is 9.43. The van der Waals surface area contributed by atoms with Crippen molar-refractivity contribution in [3.05, 3.63) is 82.0 Å². The van der Waals surface area contributed by atoms with Crippen molar-refractivity contribution in [2.75, 3.05) is 5.32 Å². The number of hydrogen-bond acceptors (Lipinski definition) is 3. The standard InChI is InChI=1S/C22H20F2N4O2/c1-11-5-4-6-14(9-11)21(29)25-19-18(13-7-8-15(23)16(24)10-13)17-12(2)27-28(3)20(17)26-22(19)30/h4-10,18-19H,1-3H3,(H,25,29)(H,26,30)/t18-,19+/m0/s1. The SMILES string of the molecule is Cc1cccc(C(=O)N[C@H]2C(=O)Nc3c(c(C)nn3C)[C@@H]2c2ccc(F)c(F)c2)c1. The number of aromatic nitrogens is 2. The average Bonchev–Trinajstić information content (AvgIpc) is 2.98. The largest absolute Gasteiger partial charge is 0.339 e. The van der Waals surface area contributed by atoms with Gasteiger partial charge >= 0.3 is 0 Å². The highest BCUT2D eigenvalue weighted by Gasteiger charge is 2.41. The van der Waals surface area contributed by atoms with Crippen molar-refractivity contribution < 1.29 is 18.4 Å². The van der Waals surface area contributed by atoms with Crippen LogP contribution in [-0.4, -0.2) is 27.6 Å². The van der Waals surface area contributed by atoms with Crippen LogP contribution in [0.2, 0.25) is 0 Å². The van der Waals surface area contributed by atoms with Gasteiger partial charge in [-0.1, -0.05) is 23.8 Å². The molecule has 0 spiro atoms. The molecule has 0 bridgehead atoms. The van der Waals surface area contributed by atoms with Gasteiger partial charge in [-0.25, -0.2) is 8.78 Å². The van der Waals surface area contributed by atoms with E-state index in [0.717, 1.165) is 17.7 Å². The monoisotopic (exact) mass is 410 g/mol. The molecule has 1 aliphatic rings. The number of anilines is 1. The number of carbonyl (C=O) groups is 2. The quantitative estimate of drug-likeness (QED) is 0.696. The summed E-state index contributed by atoms with van der Waals surface area (Å²) in [5.41, 5.74) is 2.95. The lowest BCUT2D eigenvalue weighted by Gasteiger charge is -2.32. The van der Waals surface area contributed by atoms with E-state index in [1.165, 1.54) is 10.7 Å². The first-order valence-electron chi connectivity index (χ1n) is 9.43. The molecule has 2 heterocycles. The van der Waals surface area contributed by atoms with E-state index in [2.05, 4.69) is 15.7 Å². The molecule has 2 amide bonds. The molecule has 0 unspecified atom stereocenters. The van der Waals surface area contributed by atoms with Crippen LogP contribution in [0.1, 0.15) is 38.7 Å². The second-order valence-electron chi connectivity index (χ2n) is 7.43. The minimum Gasteiger partial charge on any atom is -0.339 e. The van der Waals surface area contributed by atoms with Crippen LogP contribution in [-0.2, 0) is 11.8 Å². The minimum absolute atomic E-state index is 0.371. The van der Waals surface area contributed by atoms with Gasteiger partial charge in [-0.2, -0.15) is 5.10 Å². The summed E-state index contributed by atoms with van der Waals surface area (Å²) in [4.78, 5) is 25.8. The number of aryl methyl sites for hydroxylation is 3. The molecule has 30 heavy (non-hydrogen) atoms. The summed E-state index contributed by atoms with van der Waals surface area (Å²) in [5.74, 6) is -3.16. The van der Waals surface area contributed by atoms with Crippen LogP contribution in [0.3, 0.4) is 0 Å². The Hall–Kier alpha value is -3.55. The van der Waals surface area contributed by atoms with Crippen molar-refractivity contribution in [1.82, 2.24) is 15.1 Å². The summed E-state index contributed by atoms with van der Waals surface area (Å²) in [5, 5.41) is 9.89. The Morgan fingerprint density at radius 2 is 1.90 bits per heavy atom. The van der Waals surface area contributed by atoms with E-state index < -0.39 is 35.4 Å². The fourth-order valence-electron chi connectivity index (χ4n) is 3.93. The second kappa shape index (κ2) is 7.37. The second-order valence-corrected chi connectivity index (χ2v) is 7.43. The molecule has 2 aromatic carbocycles. The van der Waals surface area contributed by atoms with E-state index in [-0.39, 0.29) is 0 Å². The fourth-order valence-corrected chi connectivity index (χ4v) is 3.93. The molecule has 154 valence electrons. The number of hydrogen-bond donors (Lipinski definition) is 2. The number of halogens is 2. The van der Waals surface area contributed by atoms with Crippen molar-refractivity contribution in [1.29, 1.82) is 0 Å². The molecule has 2 N–H and O–H groups in total. The first kappa shape index (κ1) is 19.8. The van der Waals surface area contributed by atoms with Gasteiger partial charge in [-0.05, 0) is 43.7 Å².